The number of esters is 4. The second-order valence-corrected chi connectivity index (χ2v) is 16.1. The molecule has 0 aromatic heterocycles. The highest BCUT2D eigenvalue weighted by molar-refractivity contribution is 5.96. The summed E-state index contributed by atoms with van der Waals surface area (Å²) in [6.07, 6.45) is -15.1. The third-order valence-electron chi connectivity index (χ3n) is 11.4. The first-order valence-electron chi connectivity index (χ1n) is 21.6. The van der Waals surface area contributed by atoms with Gasteiger partial charge in [0.2, 0.25) is 0 Å². The molecule has 6 rings (SSSR count). The predicted octanol–water partition coefficient (Wildman–Crippen LogP) is 12.3. The van der Waals surface area contributed by atoms with Gasteiger partial charge in [-0.1, -0.05) is 135 Å². The molecule has 0 aliphatic rings. The summed E-state index contributed by atoms with van der Waals surface area (Å²) in [7, 11) is 0. The van der Waals surface area contributed by atoms with Crippen molar-refractivity contribution in [3.63, 3.8) is 0 Å². The molecular weight excluding hydrogens is 883 g/mol. The molecule has 6 aromatic carbocycles. The van der Waals surface area contributed by atoms with Gasteiger partial charge in [-0.15, -0.1) is 0 Å². The predicted molar refractivity (Wildman–Crippen MR) is 237 cm³/mol. The summed E-state index contributed by atoms with van der Waals surface area (Å²) in [5.41, 5.74) is 0.902. The molecule has 6 aromatic rings. The lowest BCUT2D eigenvalue weighted by atomic mass is 9.89. The minimum atomic E-state index is -5.29. The van der Waals surface area contributed by atoms with Crippen LogP contribution < -0.4 is 0 Å². The van der Waals surface area contributed by atoms with E-state index in [0.717, 1.165) is 21.5 Å². The van der Waals surface area contributed by atoms with Crippen molar-refractivity contribution in [2.24, 2.45) is 11.8 Å². The van der Waals surface area contributed by atoms with E-state index in [-0.39, 0.29) is 61.2 Å². The summed E-state index contributed by atoms with van der Waals surface area (Å²) in [6.45, 7) is 3.16. The normalized spacial score (nSPS) is 14.6. The fourth-order valence-electron chi connectivity index (χ4n) is 7.77. The zero-order chi connectivity index (χ0) is 48.1. The van der Waals surface area contributed by atoms with Gasteiger partial charge in [0.25, 0.3) is 0 Å². The van der Waals surface area contributed by atoms with E-state index in [9.17, 15) is 45.5 Å². The SMILES string of the molecule is CC(C(CCCOCCCC(OC(=O)c1ccc2ccccc2c1)C(C)C(OC(=O)C(F)(F)F)c1ccccc1)OC(=O)c1ccc2ccccc2c1)C(OC(=O)C(F)(F)F)c1ccccc1. The standard InChI is InChI=1S/C52H48F6O9/c1-33(45(37-17-5-3-6-18-37)66-49(61)51(53,54)55)43(64-47(59)41-27-25-35-15-9-11-21-39(35)31-41)23-13-29-63-30-14-24-44(65-48(60)42-28-26-36-16-10-12-22-40(36)32-42)34(2)46(38-19-7-4-8-20-38)67-50(62)52(56,57)58/h3-12,15-22,25-28,31-34,43-46H,13-14,23-24,29-30H2,1-2H3. The molecule has 0 radical (unpaired) electrons. The summed E-state index contributed by atoms with van der Waals surface area (Å²) >= 11 is 0. The number of hydrogen-bond donors (Lipinski definition) is 0. The van der Waals surface area contributed by atoms with Crippen molar-refractivity contribution in [2.75, 3.05) is 13.2 Å². The molecule has 6 unspecified atom stereocenters. The van der Waals surface area contributed by atoms with Crippen LogP contribution in [0.5, 0.6) is 0 Å². The second-order valence-electron chi connectivity index (χ2n) is 16.1. The van der Waals surface area contributed by atoms with Gasteiger partial charge in [0.1, 0.15) is 24.4 Å². The highest BCUT2D eigenvalue weighted by Crippen LogP contribution is 2.36. The monoisotopic (exact) mass is 930 g/mol. The molecule has 352 valence electrons. The third-order valence-corrected chi connectivity index (χ3v) is 11.4. The smallest absolute Gasteiger partial charge is 0.458 e. The van der Waals surface area contributed by atoms with Crippen LogP contribution in [0.2, 0.25) is 0 Å². The van der Waals surface area contributed by atoms with E-state index >= 15 is 0 Å². The molecule has 0 saturated carbocycles. The van der Waals surface area contributed by atoms with Crippen LogP contribution in [0.3, 0.4) is 0 Å². The average molecular weight is 931 g/mol. The minimum Gasteiger partial charge on any atom is -0.458 e. The Morgan fingerprint density at radius 1 is 0.448 bits per heavy atom. The molecule has 6 atom stereocenters. The molecule has 0 aliphatic carbocycles. The van der Waals surface area contributed by atoms with E-state index in [2.05, 4.69) is 0 Å². The highest BCUT2D eigenvalue weighted by Gasteiger charge is 2.46. The number of fused-ring (bicyclic) bond motifs is 2. The van der Waals surface area contributed by atoms with Gasteiger partial charge in [-0.25, -0.2) is 19.2 Å². The van der Waals surface area contributed by atoms with E-state index in [1.54, 1.807) is 84.9 Å². The van der Waals surface area contributed by atoms with Crippen LogP contribution in [0.4, 0.5) is 26.3 Å². The van der Waals surface area contributed by atoms with Gasteiger partial charge in [-0.3, -0.25) is 0 Å². The summed E-state index contributed by atoms with van der Waals surface area (Å²) in [5.74, 6) is -8.26. The molecule has 0 N–H and O–H groups in total. The zero-order valence-corrected chi connectivity index (χ0v) is 36.5. The molecule has 0 amide bonds. The van der Waals surface area contributed by atoms with Crippen LogP contribution in [0.1, 0.15) is 83.6 Å². The van der Waals surface area contributed by atoms with Crippen LogP contribution >= 0.6 is 0 Å². The average Bonchev–Trinajstić information content (AvgIpc) is 3.32. The first-order chi connectivity index (χ1) is 32.0. The van der Waals surface area contributed by atoms with E-state index in [4.69, 9.17) is 23.7 Å². The second kappa shape index (κ2) is 22.6. The summed E-state index contributed by atoms with van der Waals surface area (Å²) in [6, 6.07) is 40.2. The Morgan fingerprint density at radius 2 is 0.791 bits per heavy atom. The number of rotatable bonds is 20. The van der Waals surface area contributed by atoms with Gasteiger partial charge in [0.15, 0.2) is 0 Å². The van der Waals surface area contributed by atoms with E-state index in [1.807, 2.05) is 36.4 Å². The minimum absolute atomic E-state index is 0.0576. The summed E-state index contributed by atoms with van der Waals surface area (Å²) in [5, 5.41) is 3.26. The van der Waals surface area contributed by atoms with Gasteiger partial charge >= 0.3 is 36.2 Å². The molecule has 0 heterocycles. The molecule has 67 heavy (non-hydrogen) atoms. The van der Waals surface area contributed by atoms with Crippen LogP contribution in [-0.2, 0) is 33.3 Å². The maximum Gasteiger partial charge on any atom is 0.490 e. The Morgan fingerprint density at radius 3 is 1.15 bits per heavy atom. The van der Waals surface area contributed by atoms with Gasteiger partial charge in [0.05, 0.1) is 11.1 Å². The number of carbonyl (C=O) groups excluding carboxylic acids is 4. The topological polar surface area (TPSA) is 114 Å². The maximum absolute atomic E-state index is 13.6. The van der Waals surface area contributed by atoms with Crippen molar-refractivity contribution in [1.82, 2.24) is 0 Å². The first kappa shape index (κ1) is 49.7. The van der Waals surface area contributed by atoms with Gasteiger partial charge in [-0.05, 0) is 82.6 Å². The van der Waals surface area contributed by atoms with Crippen LogP contribution in [0.15, 0.2) is 146 Å². The Kier molecular flexibility index (Phi) is 16.8. The van der Waals surface area contributed by atoms with E-state index < -0.39 is 72.5 Å². The van der Waals surface area contributed by atoms with Crippen LogP contribution in [0, 0.1) is 11.8 Å². The lowest BCUT2D eigenvalue weighted by Crippen LogP contribution is -2.35. The van der Waals surface area contributed by atoms with Crippen molar-refractivity contribution in [3.8, 4) is 0 Å². The van der Waals surface area contributed by atoms with Crippen LogP contribution in [0.25, 0.3) is 21.5 Å². The van der Waals surface area contributed by atoms with Gasteiger partial charge in [-0.2, -0.15) is 26.3 Å². The molecule has 9 nitrogen and oxygen atoms in total. The van der Waals surface area contributed by atoms with E-state index in [1.165, 1.54) is 38.1 Å². The summed E-state index contributed by atoms with van der Waals surface area (Å²) < 4.78 is 109. The number of benzene rings is 6. The lowest BCUT2D eigenvalue weighted by Gasteiger charge is -2.31. The molecule has 0 fully saturated rings. The molecular formula is C52H48F6O9. The molecule has 0 spiro atoms. The van der Waals surface area contributed by atoms with E-state index in [0.29, 0.717) is 0 Å². The molecule has 0 bridgehead atoms. The number of hydrogen-bond acceptors (Lipinski definition) is 9. The molecule has 15 heteroatoms. The molecule has 0 saturated heterocycles. The lowest BCUT2D eigenvalue weighted by molar-refractivity contribution is -0.209. The Bertz CT molecular complexity index is 2420. The largest absolute Gasteiger partial charge is 0.490 e. The van der Waals surface area contributed by atoms with Gasteiger partial charge in [0, 0.05) is 25.0 Å². The highest BCUT2D eigenvalue weighted by atomic mass is 19.4. The van der Waals surface area contributed by atoms with Gasteiger partial charge < -0.3 is 23.7 Å². The van der Waals surface area contributed by atoms with Crippen molar-refractivity contribution in [1.29, 1.82) is 0 Å². The zero-order valence-electron chi connectivity index (χ0n) is 36.5. The Balaban J connectivity index is 1.16. The Labute approximate surface area is 382 Å². The van der Waals surface area contributed by atoms with Crippen molar-refractivity contribution in [3.05, 3.63) is 168 Å². The van der Waals surface area contributed by atoms with Crippen LogP contribution in [-0.4, -0.2) is 61.7 Å². The number of alkyl halides is 6. The number of ether oxygens (including phenoxy) is 5. The van der Waals surface area contributed by atoms with Crippen molar-refractivity contribution in [2.45, 2.75) is 76.3 Å². The maximum atomic E-state index is 13.6. The quantitative estimate of drug-likeness (QED) is 0.0319. The molecule has 0 aliphatic heterocycles. The number of halogens is 6. The number of carbonyl (C=O) groups is 4. The fourth-order valence-corrected chi connectivity index (χ4v) is 7.77. The third kappa shape index (κ3) is 13.7. The fraction of sp³-hybridized carbons (Fsp3) is 0.308. The summed E-state index contributed by atoms with van der Waals surface area (Å²) in [4.78, 5) is 51.7. The van der Waals surface area contributed by atoms with Crippen molar-refractivity contribution >= 4 is 45.4 Å². The Hall–Kier alpha value is -6.74. The van der Waals surface area contributed by atoms with Crippen molar-refractivity contribution < 1.29 is 69.2 Å². The first-order valence-corrected chi connectivity index (χ1v) is 21.6.